The molecule has 4 atom stereocenters. The molecule has 0 amide bonds. The Bertz CT molecular complexity index is 220. The molecule has 2 heteroatoms. The highest BCUT2D eigenvalue weighted by atomic mass is 16.5. The fraction of sp³-hybridized carbons (Fsp3) is 1.00. The molecule has 76 valence electrons. The smallest absolute Gasteiger partial charge is 0.0913 e. The van der Waals surface area contributed by atoms with Crippen LogP contribution in [0.5, 0.6) is 0 Å². The molecular weight excluding hydrogens is 164 g/mol. The third-order valence-corrected chi connectivity index (χ3v) is 4.61. The quantitative estimate of drug-likeness (QED) is 0.673. The number of fused-ring (bicyclic) bond motifs is 2. The highest BCUT2D eigenvalue weighted by molar-refractivity contribution is 5.12. The zero-order chi connectivity index (χ0) is 9.85. The van der Waals surface area contributed by atoms with Crippen LogP contribution in [0.25, 0.3) is 0 Å². The summed E-state index contributed by atoms with van der Waals surface area (Å²) in [5, 5.41) is 10.4. The number of rotatable bonds is 1. The SMILES string of the molecule is COC1C[C@@H]2CC(C2(C)C)[C@]1(C)O. The van der Waals surface area contributed by atoms with E-state index in [-0.39, 0.29) is 6.10 Å². The fourth-order valence-corrected chi connectivity index (χ4v) is 3.46. The van der Waals surface area contributed by atoms with Crippen LogP contribution >= 0.6 is 0 Å². The van der Waals surface area contributed by atoms with Crippen molar-refractivity contribution < 1.29 is 9.84 Å². The predicted octanol–water partition coefficient (Wildman–Crippen LogP) is 1.82. The molecule has 3 fully saturated rings. The van der Waals surface area contributed by atoms with E-state index in [1.165, 1.54) is 6.42 Å². The zero-order valence-corrected chi connectivity index (χ0v) is 9.00. The number of aliphatic hydroxyl groups is 1. The summed E-state index contributed by atoms with van der Waals surface area (Å²) < 4.78 is 5.35. The lowest BCUT2D eigenvalue weighted by Gasteiger charge is -2.64. The third-order valence-electron chi connectivity index (χ3n) is 4.61. The Kier molecular flexibility index (Phi) is 1.81. The number of ether oxygens (including phenoxy) is 1. The summed E-state index contributed by atoms with van der Waals surface area (Å²) in [6, 6.07) is 0. The van der Waals surface area contributed by atoms with Gasteiger partial charge in [0.15, 0.2) is 0 Å². The number of methoxy groups -OCH3 is 1. The summed E-state index contributed by atoms with van der Waals surface area (Å²) in [6.07, 6.45) is 2.25. The third kappa shape index (κ3) is 1.02. The lowest BCUT2D eigenvalue weighted by atomic mass is 9.43. The van der Waals surface area contributed by atoms with Crippen LogP contribution < -0.4 is 0 Å². The van der Waals surface area contributed by atoms with E-state index in [0.29, 0.717) is 11.3 Å². The van der Waals surface area contributed by atoms with Gasteiger partial charge in [0.25, 0.3) is 0 Å². The Hall–Kier alpha value is -0.0800. The van der Waals surface area contributed by atoms with Gasteiger partial charge in [-0.05, 0) is 37.0 Å². The second-order valence-corrected chi connectivity index (χ2v) is 5.49. The zero-order valence-electron chi connectivity index (χ0n) is 9.00. The van der Waals surface area contributed by atoms with Crippen LogP contribution in [-0.4, -0.2) is 23.9 Å². The average Bonchev–Trinajstić information content (AvgIpc) is 2.01. The lowest BCUT2D eigenvalue weighted by molar-refractivity contribution is -0.251. The summed E-state index contributed by atoms with van der Waals surface area (Å²) in [7, 11) is 1.71. The van der Waals surface area contributed by atoms with Gasteiger partial charge in [0, 0.05) is 7.11 Å². The Morgan fingerprint density at radius 1 is 1.23 bits per heavy atom. The highest BCUT2D eigenvalue weighted by Crippen LogP contribution is 2.62. The van der Waals surface area contributed by atoms with Crippen molar-refractivity contribution in [1.29, 1.82) is 0 Å². The fourth-order valence-electron chi connectivity index (χ4n) is 3.46. The van der Waals surface area contributed by atoms with Crippen LogP contribution in [0.3, 0.4) is 0 Å². The molecule has 3 saturated carbocycles. The predicted molar refractivity (Wildman–Crippen MR) is 51.4 cm³/mol. The standard InChI is InChI=1S/C11H20O2/c1-10(2)7-5-8(10)11(3,12)9(6-7)13-4/h7-9,12H,5-6H2,1-4H3/t7-,8?,9?,11-/m0/s1. The molecule has 0 aromatic rings. The van der Waals surface area contributed by atoms with Gasteiger partial charge in [-0.15, -0.1) is 0 Å². The average molecular weight is 184 g/mol. The Labute approximate surface area is 80.3 Å². The van der Waals surface area contributed by atoms with Crippen LogP contribution in [0, 0.1) is 17.3 Å². The van der Waals surface area contributed by atoms with Crippen LogP contribution in [0.4, 0.5) is 0 Å². The van der Waals surface area contributed by atoms with Gasteiger partial charge in [-0.25, -0.2) is 0 Å². The molecule has 3 aliphatic rings. The van der Waals surface area contributed by atoms with Crippen molar-refractivity contribution in [1.82, 2.24) is 0 Å². The summed E-state index contributed by atoms with van der Waals surface area (Å²) in [6.45, 7) is 6.47. The Balaban J connectivity index is 2.23. The maximum absolute atomic E-state index is 10.4. The van der Waals surface area contributed by atoms with Gasteiger partial charge in [-0.1, -0.05) is 13.8 Å². The molecule has 2 unspecified atom stereocenters. The molecule has 13 heavy (non-hydrogen) atoms. The van der Waals surface area contributed by atoms with Crippen molar-refractivity contribution in [3.63, 3.8) is 0 Å². The number of hydrogen-bond donors (Lipinski definition) is 1. The van der Waals surface area contributed by atoms with Gasteiger partial charge in [0.2, 0.25) is 0 Å². The number of hydrogen-bond acceptors (Lipinski definition) is 2. The minimum atomic E-state index is -0.618. The molecule has 0 spiro atoms. The maximum atomic E-state index is 10.4. The first-order chi connectivity index (χ1) is 5.90. The van der Waals surface area contributed by atoms with Crippen molar-refractivity contribution in [2.45, 2.75) is 45.3 Å². The van der Waals surface area contributed by atoms with Crippen LogP contribution in [0.15, 0.2) is 0 Å². The molecule has 0 aromatic carbocycles. The van der Waals surface area contributed by atoms with E-state index in [2.05, 4.69) is 13.8 Å². The summed E-state index contributed by atoms with van der Waals surface area (Å²) >= 11 is 0. The van der Waals surface area contributed by atoms with E-state index in [1.807, 2.05) is 6.92 Å². The van der Waals surface area contributed by atoms with E-state index < -0.39 is 5.60 Å². The van der Waals surface area contributed by atoms with Gasteiger partial charge < -0.3 is 9.84 Å². The first-order valence-corrected chi connectivity index (χ1v) is 5.16. The molecule has 0 heterocycles. The van der Waals surface area contributed by atoms with E-state index in [1.54, 1.807) is 7.11 Å². The van der Waals surface area contributed by atoms with Crippen LogP contribution in [0.2, 0.25) is 0 Å². The molecule has 0 radical (unpaired) electrons. The Morgan fingerprint density at radius 2 is 1.85 bits per heavy atom. The second-order valence-electron chi connectivity index (χ2n) is 5.49. The van der Waals surface area contributed by atoms with E-state index in [0.717, 1.165) is 12.3 Å². The van der Waals surface area contributed by atoms with Crippen molar-refractivity contribution in [3.8, 4) is 0 Å². The molecule has 1 N–H and O–H groups in total. The van der Waals surface area contributed by atoms with Gasteiger partial charge >= 0.3 is 0 Å². The summed E-state index contributed by atoms with van der Waals surface area (Å²) in [4.78, 5) is 0. The monoisotopic (exact) mass is 184 g/mol. The Morgan fingerprint density at radius 3 is 2.23 bits per heavy atom. The van der Waals surface area contributed by atoms with Crippen LogP contribution in [0.1, 0.15) is 33.6 Å². The minimum Gasteiger partial charge on any atom is -0.387 e. The van der Waals surface area contributed by atoms with E-state index in [9.17, 15) is 5.11 Å². The normalized spacial score (nSPS) is 52.8. The molecule has 2 bridgehead atoms. The second kappa shape index (κ2) is 2.48. The van der Waals surface area contributed by atoms with E-state index >= 15 is 0 Å². The lowest BCUT2D eigenvalue weighted by Crippen LogP contribution is -2.66. The molecular formula is C11H20O2. The molecule has 3 aliphatic carbocycles. The van der Waals surface area contributed by atoms with Gasteiger partial charge in [-0.3, -0.25) is 0 Å². The molecule has 2 nitrogen and oxygen atoms in total. The van der Waals surface area contributed by atoms with Crippen molar-refractivity contribution >= 4 is 0 Å². The molecule has 3 rings (SSSR count). The minimum absolute atomic E-state index is 0.0456. The van der Waals surface area contributed by atoms with Crippen molar-refractivity contribution in [3.05, 3.63) is 0 Å². The van der Waals surface area contributed by atoms with Gasteiger partial charge in [0.05, 0.1) is 11.7 Å². The molecule has 0 aromatic heterocycles. The molecule has 0 aliphatic heterocycles. The molecule has 0 saturated heterocycles. The first kappa shape index (κ1) is 9.47. The van der Waals surface area contributed by atoms with Gasteiger partial charge in [-0.2, -0.15) is 0 Å². The van der Waals surface area contributed by atoms with Crippen LogP contribution in [-0.2, 0) is 4.74 Å². The largest absolute Gasteiger partial charge is 0.387 e. The van der Waals surface area contributed by atoms with Gasteiger partial charge in [0.1, 0.15) is 0 Å². The summed E-state index contributed by atoms with van der Waals surface area (Å²) in [5.74, 6) is 1.17. The summed E-state index contributed by atoms with van der Waals surface area (Å²) in [5.41, 5.74) is -0.300. The topological polar surface area (TPSA) is 29.5 Å². The van der Waals surface area contributed by atoms with Crippen molar-refractivity contribution in [2.75, 3.05) is 7.11 Å². The van der Waals surface area contributed by atoms with Crippen molar-refractivity contribution in [2.24, 2.45) is 17.3 Å². The first-order valence-electron chi connectivity index (χ1n) is 5.16. The maximum Gasteiger partial charge on any atom is 0.0913 e. The van der Waals surface area contributed by atoms with E-state index in [4.69, 9.17) is 4.74 Å². The highest BCUT2D eigenvalue weighted by Gasteiger charge is 2.62.